The molecule has 0 heterocycles. The molecule has 1 rings (SSSR count). The van der Waals surface area contributed by atoms with Crippen molar-refractivity contribution in [3.05, 3.63) is 33.8 Å². The molecule has 0 spiro atoms. The minimum Gasteiger partial charge on any atom is -0.307 e. The second-order valence-electron chi connectivity index (χ2n) is 4.81. The summed E-state index contributed by atoms with van der Waals surface area (Å²) in [6.07, 6.45) is 1.11. The van der Waals surface area contributed by atoms with Crippen molar-refractivity contribution in [3.63, 3.8) is 0 Å². The van der Waals surface area contributed by atoms with Gasteiger partial charge in [0, 0.05) is 22.1 Å². The molecule has 0 fully saturated rings. The summed E-state index contributed by atoms with van der Waals surface area (Å²) < 4.78 is 0. The molecule has 17 heavy (non-hydrogen) atoms. The Labute approximate surface area is 115 Å². The number of rotatable bonds is 5. The first kappa shape index (κ1) is 14.8. The normalized spacial score (nSPS) is 15.0. The van der Waals surface area contributed by atoms with E-state index in [4.69, 9.17) is 23.2 Å². The maximum Gasteiger partial charge on any atom is 0.0454 e. The predicted molar refractivity (Wildman–Crippen MR) is 76.9 cm³/mol. The van der Waals surface area contributed by atoms with E-state index in [-0.39, 0.29) is 6.04 Å². The maximum atomic E-state index is 6.20. The van der Waals surface area contributed by atoms with E-state index >= 15 is 0 Å². The SMILES string of the molecule is CCC(NC(C)c1cc(Cl)ccc1Cl)C(C)C. The molecule has 0 aliphatic rings. The maximum absolute atomic E-state index is 6.20. The first-order chi connectivity index (χ1) is 7.95. The lowest BCUT2D eigenvalue weighted by molar-refractivity contribution is 0.356. The van der Waals surface area contributed by atoms with Gasteiger partial charge in [-0.2, -0.15) is 0 Å². The zero-order valence-corrected chi connectivity index (χ0v) is 12.4. The zero-order valence-electron chi connectivity index (χ0n) is 10.9. The van der Waals surface area contributed by atoms with Crippen molar-refractivity contribution in [1.82, 2.24) is 5.32 Å². The van der Waals surface area contributed by atoms with Crippen LogP contribution in [0, 0.1) is 5.92 Å². The molecule has 1 aromatic carbocycles. The van der Waals surface area contributed by atoms with Crippen molar-refractivity contribution < 1.29 is 0 Å². The summed E-state index contributed by atoms with van der Waals surface area (Å²) in [6, 6.07) is 6.33. The van der Waals surface area contributed by atoms with E-state index in [2.05, 4.69) is 33.0 Å². The fourth-order valence-electron chi connectivity index (χ4n) is 2.04. The van der Waals surface area contributed by atoms with Crippen LogP contribution in [0.25, 0.3) is 0 Å². The van der Waals surface area contributed by atoms with E-state index in [9.17, 15) is 0 Å². The van der Waals surface area contributed by atoms with E-state index in [0.29, 0.717) is 12.0 Å². The molecule has 0 radical (unpaired) electrons. The van der Waals surface area contributed by atoms with E-state index in [1.165, 1.54) is 0 Å². The van der Waals surface area contributed by atoms with Crippen LogP contribution in [0.3, 0.4) is 0 Å². The van der Waals surface area contributed by atoms with E-state index in [0.717, 1.165) is 22.0 Å². The molecule has 0 aromatic heterocycles. The second kappa shape index (κ2) is 6.63. The summed E-state index contributed by atoms with van der Waals surface area (Å²) in [4.78, 5) is 0. The summed E-state index contributed by atoms with van der Waals surface area (Å²) in [5.74, 6) is 0.611. The zero-order chi connectivity index (χ0) is 13.0. The molecule has 1 N–H and O–H groups in total. The third kappa shape index (κ3) is 4.17. The molecule has 1 aromatic rings. The predicted octanol–water partition coefficient (Wildman–Crippen LogP) is 5.08. The summed E-state index contributed by atoms with van der Waals surface area (Å²) in [7, 11) is 0. The monoisotopic (exact) mass is 273 g/mol. The number of hydrogen-bond donors (Lipinski definition) is 1. The van der Waals surface area contributed by atoms with E-state index in [1.54, 1.807) is 0 Å². The Morgan fingerprint density at radius 2 is 1.82 bits per heavy atom. The van der Waals surface area contributed by atoms with Gasteiger partial charge in [-0.25, -0.2) is 0 Å². The molecule has 0 amide bonds. The molecular weight excluding hydrogens is 253 g/mol. The highest BCUT2D eigenvalue weighted by Gasteiger charge is 2.16. The van der Waals surface area contributed by atoms with Gasteiger partial charge in [0.2, 0.25) is 0 Å². The Morgan fingerprint density at radius 1 is 1.18 bits per heavy atom. The van der Waals surface area contributed by atoms with Gasteiger partial charge in [0.15, 0.2) is 0 Å². The highest BCUT2D eigenvalue weighted by molar-refractivity contribution is 6.33. The quantitative estimate of drug-likeness (QED) is 0.789. The molecule has 96 valence electrons. The minimum absolute atomic E-state index is 0.216. The first-order valence-electron chi connectivity index (χ1n) is 6.16. The van der Waals surface area contributed by atoms with Crippen LogP contribution in [0.1, 0.15) is 45.7 Å². The summed E-state index contributed by atoms with van der Waals surface area (Å²) >= 11 is 12.2. The lowest BCUT2D eigenvalue weighted by Crippen LogP contribution is -2.35. The van der Waals surface area contributed by atoms with Gasteiger partial charge in [0.25, 0.3) is 0 Å². The third-order valence-corrected chi connectivity index (χ3v) is 3.71. The first-order valence-corrected chi connectivity index (χ1v) is 6.92. The summed E-state index contributed by atoms with van der Waals surface area (Å²) in [5.41, 5.74) is 1.07. The van der Waals surface area contributed by atoms with Gasteiger partial charge in [-0.1, -0.05) is 44.0 Å². The van der Waals surface area contributed by atoms with E-state index in [1.807, 2.05) is 18.2 Å². The van der Waals surface area contributed by atoms with Crippen LogP contribution in [0.15, 0.2) is 18.2 Å². The molecule has 0 aliphatic carbocycles. The van der Waals surface area contributed by atoms with E-state index < -0.39 is 0 Å². The Hall–Kier alpha value is -0.240. The molecule has 2 unspecified atom stereocenters. The van der Waals surface area contributed by atoms with Crippen molar-refractivity contribution in [2.24, 2.45) is 5.92 Å². The number of hydrogen-bond acceptors (Lipinski definition) is 1. The molecule has 0 bridgehead atoms. The fourth-order valence-corrected chi connectivity index (χ4v) is 2.50. The topological polar surface area (TPSA) is 12.0 Å². The van der Waals surface area contributed by atoms with Gasteiger partial charge in [0.05, 0.1) is 0 Å². The Morgan fingerprint density at radius 3 is 2.35 bits per heavy atom. The lowest BCUT2D eigenvalue weighted by atomic mass is 9.99. The van der Waals surface area contributed by atoms with Gasteiger partial charge in [-0.15, -0.1) is 0 Å². The average Bonchev–Trinajstić information content (AvgIpc) is 2.28. The van der Waals surface area contributed by atoms with Gasteiger partial charge >= 0.3 is 0 Å². The average molecular weight is 274 g/mol. The smallest absolute Gasteiger partial charge is 0.0454 e. The highest BCUT2D eigenvalue weighted by Crippen LogP contribution is 2.27. The number of halogens is 2. The van der Waals surface area contributed by atoms with Gasteiger partial charge in [0.1, 0.15) is 0 Å². The van der Waals surface area contributed by atoms with Crippen LogP contribution in [-0.2, 0) is 0 Å². The fraction of sp³-hybridized carbons (Fsp3) is 0.571. The van der Waals surface area contributed by atoms with Crippen LogP contribution >= 0.6 is 23.2 Å². The van der Waals surface area contributed by atoms with Crippen molar-refractivity contribution in [2.45, 2.75) is 46.2 Å². The van der Waals surface area contributed by atoms with Crippen LogP contribution in [0.4, 0.5) is 0 Å². The Bertz CT molecular complexity index is 363. The highest BCUT2D eigenvalue weighted by atomic mass is 35.5. The van der Waals surface area contributed by atoms with Crippen molar-refractivity contribution in [2.75, 3.05) is 0 Å². The summed E-state index contributed by atoms with van der Waals surface area (Å²) in [5, 5.41) is 5.11. The Kier molecular flexibility index (Phi) is 5.78. The largest absolute Gasteiger partial charge is 0.307 e. The van der Waals surface area contributed by atoms with Crippen LogP contribution < -0.4 is 5.32 Å². The number of benzene rings is 1. The molecule has 2 atom stereocenters. The molecule has 3 heteroatoms. The summed E-state index contributed by atoms with van der Waals surface area (Å²) in [6.45, 7) is 8.79. The molecule has 1 nitrogen and oxygen atoms in total. The third-order valence-electron chi connectivity index (χ3n) is 3.13. The Balaban J connectivity index is 2.81. The molecule has 0 saturated carbocycles. The standard InChI is InChI=1S/C14H21Cl2N/c1-5-14(9(2)3)17-10(4)12-8-11(15)6-7-13(12)16/h6-10,14,17H,5H2,1-4H3. The lowest BCUT2D eigenvalue weighted by Gasteiger charge is -2.26. The molecule has 0 aliphatic heterocycles. The van der Waals surface area contributed by atoms with Gasteiger partial charge in [-0.05, 0) is 43.0 Å². The van der Waals surface area contributed by atoms with Crippen molar-refractivity contribution in [1.29, 1.82) is 0 Å². The second-order valence-corrected chi connectivity index (χ2v) is 5.66. The van der Waals surface area contributed by atoms with Crippen LogP contribution in [-0.4, -0.2) is 6.04 Å². The van der Waals surface area contributed by atoms with Gasteiger partial charge in [-0.3, -0.25) is 0 Å². The van der Waals surface area contributed by atoms with Crippen LogP contribution in [0.5, 0.6) is 0 Å². The van der Waals surface area contributed by atoms with Gasteiger partial charge < -0.3 is 5.32 Å². The molecular formula is C14H21Cl2N. The van der Waals surface area contributed by atoms with Crippen molar-refractivity contribution in [3.8, 4) is 0 Å². The molecule has 0 saturated heterocycles. The van der Waals surface area contributed by atoms with Crippen LogP contribution in [0.2, 0.25) is 10.0 Å². The minimum atomic E-state index is 0.216. The number of nitrogens with one attached hydrogen (secondary N) is 1. The van der Waals surface area contributed by atoms with Crippen molar-refractivity contribution >= 4 is 23.2 Å².